The molecular formula is C13H14ClN3O3. The summed E-state index contributed by atoms with van der Waals surface area (Å²) in [6.45, 7) is 3.62. The zero-order valence-electron chi connectivity index (χ0n) is 11.1. The van der Waals surface area contributed by atoms with E-state index in [2.05, 4.69) is 10.1 Å². The first-order valence-corrected chi connectivity index (χ1v) is 6.49. The zero-order valence-corrected chi connectivity index (χ0v) is 11.9. The molecule has 0 amide bonds. The molecule has 0 aliphatic rings. The summed E-state index contributed by atoms with van der Waals surface area (Å²) in [6, 6.07) is 7.25. The number of hydrogen-bond donors (Lipinski definition) is 0. The number of halogens is 1. The highest BCUT2D eigenvalue weighted by Gasteiger charge is 2.17. The monoisotopic (exact) mass is 295 g/mol. The van der Waals surface area contributed by atoms with Crippen LogP contribution in [0.5, 0.6) is 6.01 Å². The molecule has 1 unspecified atom stereocenters. The SMILES string of the molecule is CCOC(=O)C(C)Oc1ncn(-c2cccc(Cl)c2)n1. The molecule has 1 heterocycles. The van der Waals surface area contributed by atoms with E-state index >= 15 is 0 Å². The number of hydrogen-bond acceptors (Lipinski definition) is 5. The van der Waals surface area contributed by atoms with Gasteiger partial charge in [0.05, 0.1) is 12.3 Å². The van der Waals surface area contributed by atoms with Crippen LogP contribution in [0.25, 0.3) is 5.69 Å². The Morgan fingerprint density at radius 1 is 1.50 bits per heavy atom. The van der Waals surface area contributed by atoms with E-state index in [0.29, 0.717) is 11.6 Å². The van der Waals surface area contributed by atoms with Crippen molar-refractivity contribution in [1.82, 2.24) is 14.8 Å². The summed E-state index contributed by atoms with van der Waals surface area (Å²) >= 11 is 5.91. The lowest BCUT2D eigenvalue weighted by Gasteiger charge is -2.09. The maximum atomic E-state index is 11.4. The van der Waals surface area contributed by atoms with Crippen molar-refractivity contribution in [2.75, 3.05) is 6.61 Å². The van der Waals surface area contributed by atoms with Gasteiger partial charge in [-0.1, -0.05) is 17.7 Å². The topological polar surface area (TPSA) is 66.2 Å². The Labute approximate surface area is 121 Å². The van der Waals surface area contributed by atoms with E-state index in [4.69, 9.17) is 21.1 Å². The minimum Gasteiger partial charge on any atom is -0.463 e. The first-order valence-electron chi connectivity index (χ1n) is 6.11. The van der Waals surface area contributed by atoms with Crippen LogP contribution in [0.2, 0.25) is 5.02 Å². The summed E-state index contributed by atoms with van der Waals surface area (Å²) < 4.78 is 11.7. The molecule has 2 aromatic rings. The molecule has 0 spiro atoms. The van der Waals surface area contributed by atoms with Crippen molar-refractivity contribution in [3.05, 3.63) is 35.6 Å². The molecule has 1 aromatic carbocycles. The second-order valence-electron chi connectivity index (χ2n) is 3.96. The number of esters is 1. The van der Waals surface area contributed by atoms with E-state index in [1.54, 1.807) is 32.0 Å². The van der Waals surface area contributed by atoms with Gasteiger partial charge >= 0.3 is 12.0 Å². The Morgan fingerprint density at radius 3 is 3.00 bits per heavy atom. The average molecular weight is 296 g/mol. The second-order valence-corrected chi connectivity index (χ2v) is 4.40. The summed E-state index contributed by atoms with van der Waals surface area (Å²) in [5.41, 5.74) is 0.753. The van der Waals surface area contributed by atoms with Gasteiger partial charge in [0.25, 0.3) is 0 Å². The van der Waals surface area contributed by atoms with Gasteiger partial charge in [-0.15, -0.1) is 5.10 Å². The van der Waals surface area contributed by atoms with Crippen molar-refractivity contribution >= 4 is 17.6 Å². The van der Waals surface area contributed by atoms with Gasteiger partial charge in [0.15, 0.2) is 6.10 Å². The predicted octanol–water partition coefficient (Wildman–Crippen LogP) is 2.25. The molecule has 0 N–H and O–H groups in total. The lowest BCUT2D eigenvalue weighted by atomic mass is 10.3. The van der Waals surface area contributed by atoms with Crippen LogP contribution in [-0.4, -0.2) is 33.4 Å². The molecule has 7 heteroatoms. The number of benzene rings is 1. The highest BCUT2D eigenvalue weighted by atomic mass is 35.5. The molecule has 0 radical (unpaired) electrons. The third-order valence-electron chi connectivity index (χ3n) is 2.44. The van der Waals surface area contributed by atoms with Crippen LogP contribution in [0.3, 0.4) is 0 Å². The summed E-state index contributed by atoms with van der Waals surface area (Å²) in [4.78, 5) is 15.4. The maximum absolute atomic E-state index is 11.4. The Bertz CT molecular complexity index is 600. The number of nitrogens with zero attached hydrogens (tertiary/aromatic N) is 3. The molecule has 0 bridgehead atoms. The quantitative estimate of drug-likeness (QED) is 0.792. The molecule has 2 rings (SSSR count). The van der Waals surface area contributed by atoms with Crippen molar-refractivity contribution < 1.29 is 14.3 Å². The van der Waals surface area contributed by atoms with Crippen molar-refractivity contribution in [3.63, 3.8) is 0 Å². The largest absolute Gasteiger partial charge is 0.463 e. The third-order valence-corrected chi connectivity index (χ3v) is 2.68. The van der Waals surface area contributed by atoms with Crippen LogP contribution in [0.15, 0.2) is 30.6 Å². The highest BCUT2D eigenvalue weighted by Crippen LogP contribution is 2.15. The second kappa shape index (κ2) is 6.38. The van der Waals surface area contributed by atoms with Gasteiger partial charge in [-0.3, -0.25) is 0 Å². The number of aromatic nitrogens is 3. The molecule has 106 valence electrons. The Balaban J connectivity index is 2.08. The fraction of sp³-hybridized carbons (Fsp3) is 0.308. The Hall–Kier alpha value is -2.08. The molecular weight excluding hydrogens is 282 g/mol. The summed E-state index contributed by atoms with van der Waals surface area (Å²) in [6.07, 6.45) is 0.726. The molecule has 0 saturated carbocycles. The highest BCUT2D eigenvalue weighted by molar-refractivity contribution is 6.30. The van der Waals surface area contributed by atoms with Crippen molar-refractivity contribution in [2.24, 2.45) is 0 Å². The summed E-state index contributed by atoms with van der Waals surface area (Å²) in [5.74, 6) is -0.452. The zero-order chi connectivity index (χ0) is 14.5. The standard InChI is InChI=1S/C13H14ClN3O3/c1-3-19-12(18)9(2)20-13-15-8-17(16-13)11-6-4-5-10(14)7-11/h4-9H,3H2,1-2H3. The van der Waals surface area contributed by atoms with Gasteiger partial charge in [0, 0.05) is 5.02 Å². The van der Waals surface area contributed by atoms with E-state index in [1.165, 1.54) is 11.0 Å². The lowest BCUT2D eigenvalue weighted by molar-refractivity contribution is -0.150. The minimum atomic E-state index is -0.759. The minimum absolute atomic E-state index is 0.102. The Morgan fingerprint density at radius 2 is 2.30 bits per heavy atom. The molecule has 0 fully saturated rings. The van der Waals surface area contributed by atoms with Gasteiger partial charge in [-0.2, -0.15) is 4.98 Å². The number of rotatable bonds is 5. The van der Waals surface area contributed by atoms with E-state index in [1.807, 2.05) is 6.07 Å². The van der Waals surface area contributed by atoms with Gasteiger partial charge in [0.2, 0.25) is 0 Å². The van der Waals surface area contributed by atoms with E-state index in [-0.39, 0.29) is 6.01 Å². The average Bonchev–Trinajstić information content (AvgIpc) is 2.87. The molecule has 0 aliphatic carbocycles. The first kappa shape index (κ1) is 14.3. The van der Waals surface area contributed by atoms with Crippen molar-refractivity contribution in [2.45, 2.75) is 20.0 Å². The summed E-state index contributed by atoms with van der Waals surface area (Å²) in [5, 5.41) is 4.72. The van der Waals surface area contributed by atoms with Gasteiger partial charge in [-0.25, -0.2) is 9.48 Å². The molecule has 1 aromatic heterocycles. The molecule has 1 atom stereocenters. The van der Waals surface area contributed by atoms with Crippen LogP contribution in [-0.2, 0) is 9.53 Å². The molecule has 6 nitrogen and oxygen atoms in total. The summed E-state index contributed by atoms with van der Waals surface area (Å²) in [7, 11) is 0. The predicted molar refractivity (Wildman–Crippen MR) is 73.1 cm³/mol. The van der Waals surface area contributed by atoms with E-state index in [9.17, 15) is 4.79 Å². The van der Waals surface area contributed by atoms with Gasteiger partial charge < -0.3 is 9.47 Å². The molecule has 20 heavy (non-hydrogen) atoms. The van der Waals surface area contributed by atoms with E-state index < -0.39 is 12.1 Å². The fourth-order valence-electron chi connectivity index (χ4n) is 1.51. The van der Waals surface area contributed by atoms with Crippen LogP contribution < -0.4 is 4.74 Å². The van der Waals surface area contributed by atoms with Gasteiger partial charge in [-0.05, 0) is 32.0 Å². The number of carbonyl (C=O) groups is 1. The van der Waals surface area contributed by atoms with Crippen LogP contribution in [0.1, 0.15) is 13.8 Å². The van der Waals surface area contributed by atoms with Crippen LogP contribution >= 0.6 is 11.6 Å². The maximum Gasteiger partial charge on any atom is 0.347 e. The fourth-order valence-corrected chi connectivity index (χ4v) is 1.70. The number of carbonyl (C=O) groups excluding carboxylic acids is 1. The van der Waals surface area contributed by atoms with Crippen LogP contribution in [0, 0.1) is 0 Å². The molecule has 0 saturated heterocycles. The molecule has 0 aliphatic heterocycles. The third kappa shape index (κ3) is 3.48. The smallest absolute Gasteiger partial charge is 0.347 e. The Kier molecular flexibility index (Phi) is 4.57. The first-order chi connectivity index (χ1) is 9.60. The van der Waals surface area contributed by atoms with Crippen LogP contribution in [0.4, 0.5) is 0 Å². The lowest BCUT2D eigenvalue weighted by Crippen LogP contribution is -2.26. The van der Waals surface area contributed by atoms with Crippen molar-refractivity contribution in [1.29, 1.82) is 0 Å². The number of ether oxygens (including phenoxy) is 2. The van der Waals surface area contributed by atoms with Gasteiger partial charge in [0.1, 0.15) is 6.33 Å². The normalized spacial score (nSPS) is 11.9. The van der Waals surface area contributed by atoms with E-state index in [0.717, 1.165) is 5.69 Å². The van der Waals surface area contributed by atoms with Crippen molar-refractivity contribution in [3.8, 4) is 11.7 Å².